The number of hydrogen-bond donors (Lipinski definition) is 0. The first-order valence-corrected chi connectivity index (χ1v) is 6.94. The molecule has 1 aromatic rings. The molecule has 1 atom stereocenters. The molecule has 0 radical (unpaired) electrons. The Balaban J connectivity index is 2.55. The highest BCUT2D eigenvalue weighted by molar-refractivity contribution is 5.47. The molecule has 1 fully saturated rings. The van der Waals surface area contributed by atoms with E-state index in [0.29, 0.717) is 0 Å². The van der Waals surface area contributed by atoms with Crippen molar-refractivity contribution in [3.05, 3.63) is 28.8 Å². The van der Waals surface area contributed by atoms with Gasteiger partial charge in [0.1, 0.15) is 5.75 Å². The summed E-state index contributed by atoms with van der Waals surface area (Å²) in [6.07, 6.45) is 0. The van der Waals surface area contributed by atoms with Crippen LogP contribution in [-0.4, -0.2) is 50.6 Å². The maximum Gasteiger partial charge on any atom is 0.126 e. The van der Waals surface area contributed by atoms with E-state index >= 15 is 0 Å². The fourth-order valence-corrected chi connectivity index (χ4v) is 3.21. The molecule has 3 nitrogen and oxygen atoms in total. The first kappa shape index (κ1) is 14.4. The van der Waals surface area contributed by atoms with Crippen LogP contribution in [0.15, 0.2) is 12.1 Å². The number of hydrogen-bond acceptors (Lipinski definition) is 3. The standard InChI is InChI=1S/C16H26N2O/c1-12-9-13(2)15(19-6)14(10-12)16(3)11-17(4)7-8-18(16)5/h9-10H,7-8,11H2,1-6H3. The number of piperazine rings is 1. The van der Waals surface area contributed by atoms with E-state index in [-0.39, 0.29) is 5.54 Å². The van der Waals surface area contributed by atoms with Crippen molar-refractivity contribution in [1.29, 1.82) is 0 Å². The molecular weight excluding hydrogens is 236 g/mol. The van der Waals surface area contributed by atoms with Crippen LogP contribution in [0.2, 0.25) is 0 Å². The van der Waals surface area contributed by atoms with Gasteiger partial charge in [-0.1, -0.05) is 17.7 Å². The monoisotopic (exact) mass is 262 g/mol. The Morgan fingerprint density at radius 3 is 2.47 bits per heavy atom. The van der Waals surface area contributed by atoms with Crippen LogP contribution in [0, 0.1) is 13.8 Å². The predicted molar refractivity (Wildman–Crippen MR) is 79.9 cm³/mol. The van der Waals surface area contributed by atoms with Gasteiger partial charge in [0.05, 0.1) is 12.6 Å². The summed E-state index contributed by atoms with van der Waals surface area (Å²) in [7, 11) is 6.18. The molecule has 0 saturated carbocycles. The molecule has 3 heteroatoms. The number of methoxy groups -OCH3 is 1. The van der Waals surface area contributed by atoms with Crippen LogP contribution < -0.4 is 4.74 Å². The van der Waals surface area contributed by atoms with Crippen LogP contribution in [-0.2, 0) is 5.54 Å². The topological polar surface area (TPSA) is 15.7 Å². The molecule has 106 valence electrons. The molecule has 1 aromatic carbocycles. The van der Waals surface area contributed by atoms with Crippen LogP contribution in [0.3, 0.4) is 0 Å². The Morgan fingerprint density at radius 1 is 1.16 bits per heavy atom. The molecule has 1 unspecified atom stereocenters. The van der Waals surface area contributed by atoms with E-state index < -0.39 is 0 Å². The largest absolute Gasteiger partial charge is 0.496 e. The average molecular weight is 262 g/mol. The molecule has 1 aliphatic heterocycles. The highest BCUT2D eigenvalue weighted by Crippen LogP contribution is 2.38. The van der Waals surface area contributed by atoms with Crippen LogP contribution in [0.1, 0.15) is 23.6 Å². The maximum absolute atomic E-state index is 5.69. The lowest BCUT2D eigenvalue weighted by Crippen LogP contribution is -2.56. The van der Waals surface area contributed by atoms with Gasteiger partial charge in [0.2, 0.25) is 0 Å². The summed E-state index contributed by atoms with van der Waals surface area (Å²) in [6, 6.07) is 4.47. The predicted octanol–water partition coefficient (Wildman–Crippen LogP) is 2.40. The zero-order valence-corrected chi connectivity index (χ0v) is 13.1. The van der Waals surface area contributed by atoms with E-state index in [4.69, 9.17) is 4.74 Å². The van der Waals surface area contributed by atoms with Crippen molar-refractivity contribution >= 4 is 0 Å². The highest BCUT2D eigenvalue weighted by Gasteiger charge is 2.38. The van der Waals surface area contributed by atoms with Gasteiger partial charge in [-0.25, -0.2) is 0 Å². The molecule has 0 amide bonds. The number of nitrogens with zero attached hydrogens (tertiary/aromatic N) is 2. The lowest BCUT2D eigenvalue weighted by molar-refractivity contribution is 0.0361. The number of ether oxygens (including phenoxy) is 1. The highest BCUT2D eigenvalue weighted by atomic mass is 16.5. The van der Waals surface area contributed by atoms with E-state index in [1.807, 2.05) is 0 Å². The van der Waals surface area contributed by atoms with Crippen molar-refractivity contribution in [1.82, 2.24) is 9.80 Å². The molecular formula is C16H26N2O. The Morgan fingerprint density at radius 2 is 1.84 bits per heavy atom. The van der Waals surface area contributed by atoms with Crippen LogP contribution in [0.5, 0.6) is 5.75 Å². The molecule has 2 rings (SSSR count). The minimum atomic E-state index is 0.00905. The maximum atomic E-state index is 5.69. The average Bonchev–Trinajstić information content (AvgIpc) is 2.33. The van der Waals surface area contributed by atoms with Gasteiger partial charge in [0.25, 0.3) is 0 Å². The van der Waals surface area contributed by atoms with Gasteiger partial charge >= 0.3 is 0 Å². The van der Waals surface area contributed by atoms with Crippen LogP contribution in [0.25, 0.3) is 0 Å². The number of rotatable bonds is 2. The van der Waals surface area contributed by atoms with Crippen molar-refractivity contribution in [2.24, 2.45) is 0 Å². The fourth-order valence-electron chi connectivity index (χ4n) is 3.21. The van der Waals surface area contributed by atoms with E-state index in [9.17, 15) is 0 Å². The SMILES string of the molecule is COc1c(C)cc(C)cc1C1(C)CN(C)CCN1C. The van der Waals surface area contributed by atoms with Gasteiger partial charge in [-0.3, -0.25) is 4.90 Å². The van der Waals surface area contributed by atoms with E-state index in [0.717, 1.165) is 25.4 Å². The van der Waals surface area contributed by atoms with Crippen LogP contribution >= 0.6 is 0 Å². The summed E-state index contributed by atoms with van der Waals surface area (Å²) in [6.45, 7) is 9.85. The van der Waals surface area contributed by atoms with Gasteiger partial charge in [-0.2, -0.15) is 0 Å². The Kier molecular flexibility index (Phi) is 3.88. The molecule has 1 saturated heterocycles. The van der Waals surface area contributed by atoms with Gasteiger partial charge in [0.15, 0.2) is 0 Å². The number of aryl methyl sites for hydroxylation is 2. The smallest absolute Gasteiger partial charge is 0.126 e. The quantitative estimate of drug-likeness (QED) is 0.814. The summed E-state index contributed by atoms with van der Waals surface area (Å²) in [5.74, 6) is 1.04. The molecule has 0 aliphatic carbocycles. The van der Waals surface area contributed by atoms with Crippen molar-refractivity contribution in [2.45, 2.75) is 26.3 Å². The van der Waals surface area contributed by atoms with Crippen molar-refractivity contribution in [2.75, 3.05) is 40.8 Å². The van der Waals surface area contributed by atoms with Gasteiger partial charge in [-0.15, -0.1) is 0 Å². The zero-order chi connectivity index (χ0) is 14.2. The number of benzene rings is 1. The lowest BCUT2D eigenvalue weighted by Gasteiger charge is -2.47. The minimum absolute atomic E-state index is 0.00905. The first-order valence-electron chi connectivity index (χ1n) is 6.94. The molecule has 0 aromatic heterocycles. The first-order chi connectivity index (χ1) is 8.88. The van der Waals surface area contributed by atoms with Crippen molar-refractivity contribution < 1.29 is 4.74 Å². The molecule has 0 bridgehead atoms. The lowest BCUT2D eigenvalue weighted by atomic mass is 9.85. The second kappa shape index (κ2) is 5.14. The summed E-state index contributed by atoms with van der Waals surface area (Å²) in [5, 5.41) is 0. The van der Waals surface area contributed by atoms with Gasteiger partial charge in [0, 0.05) is 25.2 Å². The summed E-state index contributed by atoms with van der Waals surface area (Å²) in [4.78, 5) is 4.85. The third kappa shape index (κ3) is 2.49. The van der Waals surface area contributed by atoms with E-state index in [2.05, 4.69) is 56.8 Å². The van der Waals surface area contributed by atoms with E-state index in [1.165, 1.54) is 16.7 Å². The zero-order valence-electron chi connectivity index (χ0n) is 13.1. The fraction of sp³-hybridized carbons (Fsp3) is 0.625. The Hall–Kier alpha value is -1.06. The van der Waals surface area contributed by atoms with Gasteiger partial charge in [-0.05, 0) is 40.4 Å². The third-order valence-corrected chi connectivity index (χ3v) is 4.44. The molecule has 1 aliphatic rings. The summed E-state index contributed by atoms with van der Waals surface area (Å²) < 4.78 is 5.69. The normalized spacial score (nSPS) is 25.6. The molecule has 0 N–H and O–H groups in total. The second-order valence-electron chi connectivity index (χ2n) is 6.10. The Labute approximate surface area is 117 Å². The molecule has 0 spiro atoms. The van der Waals surface area contributed by atoms with Gasteiger partial charge < -0.3 is 9.64 Å². The summed E-state index contributed by atoms with van der Waals surface area (Å²) in [5.41, 5.74) is 3.84. The van der Waals surface area contributed by atoms with Crippen molar-refractivity contribution in [3.8, 4) is 5.75 Å². The summed E-state index contributed by atoms with van der Waals surface area (Å²) >= 11 is 0. The molecule has 1 heterocycles. The minimum Gasteiger partial charge on any atom is -0.496 e. The molecule has 19 heavy (non-hydrogen) atoms. The second-order valence-corrected chi connectivity index (χ2v) is 6.10. The Bertz CT molecular complexity index is 472. The van der Waals surface area contributed by atoms with Crippen molar-refractivity contribution in [3.63, 3.8) is 0 Å². The van der Waals surface area contributed by atoms with Crippen LogP contribution in [0.4, 0.5) is 0 Å². The van der Waals surface area contributed by atoms with E-state index in [1.54, 1.807) is 7.11 Å². The third-order valence-electron chi connectivity index (χ3n) is 4.44. The number of likely N-dealkylation sites (N-methyl/N-ethyl adjacent to an activating group) is 2.